The van der Waals surface area contributed by atoms with E-state index in [4.69, 9.17) is 11.6 Å². The van der Waals surface area contributed by atoms with Crippen LogP contribution in [0.4, 0.5) is 5.82 Å². The van der Waals surface area contributed by atoms with Gasteiger partial charge in [0.25, 0.3) is 5.56 Å². The highest BCUT2D eigenvalue weighted by atomic mass is 35.5. The molecule has 2 aromatic heterocycles. The van der Waals surface area contributed by atoms with Crippen molar-refractivity contribution in [3.63, 3.8) is 0 Å². The van der Waals surface area contributed by atoms with E-state index >= 15 is 0 Å². The molecule has 0 aliphatic carbocycles. The molecule has 4 aromatic rings. The summed E-state index contributed by atoms with van der Waals surface area (Å²) < 4.78 is 3.00. The zero-order valence-electron chi connectivity index (χ0n) is 17.4. The fourth-order valence-corrected chi connectivity index (χ4v) is 4.66. The van der Waals surface area contributed by atoms with Crippen molar-refractivity contribution in [2.45, 2.75) is 26.4 Å². The quantitative estimate of drug-likeness (QED) is 0.356. The minimum absolute atomic E-state index is 0.0809. The predicted molar refractivity (Wildman–Crippen MR) is 130 cm³/mol. The molecule has 0 unspecified atom stereocenters. The molecule has 2 N–H and O–H groups in total. The summed E-state index contributed by atoms with van der Waals surface area (Å²) in [4.78, 5) is 17.2. The Hall–Kier alpha value is -2.67. The lowest BCUT2D eigenvalue weighted by molar-refractivity contribution is 0.574. The van der Waals surface area contributed by atoms with Crippen molar-refractivity contribution in [1.29, 1.82) is 0 Å². The second-order valence-electron chi connectivity index (χ2n) is 7.45. The van der Waals surface area contributed by atoms with Crippen LogP contribution in [0.3, 0.4) is 0 Å². The first-order chi connectivity index (χ1) is 15.1. The molecule has 160 valence electrons. The SMILES string of the molecule is Cc1cnc(NCCc2ccccc2)c(=O)n1CCNCc1csc2ccc(Cl)cc12. The maximum atomic E-state index is 12.9. The number of fused-ring (bicyclic) bond motifs is 1. The number of rotatable bonds is 9. The highest BCUT2D eigenvalue weighted by molar-refractivity contribution is 7.17. The molecule has 7 heteroatoms. The zero-order valence-corrected chi connectivity index (χ0v) is 19.0. The molecule has 2 aromatic carbocycles. The van der Waals surface area contributed by atoms with Crippen LogP contribution >= 0.6 is 22.9 Å². The molecular formula is C24H25ClN4OS. The molecule has 0 saturated carbocycles. The first kappa shape index (κ1) is 21.6. The Morgan fingerprint density at radius 2 is 1.97 bits per heavy atom. The van der Waals surface area contributed by atoms with Crippen LogP contribution < -0.4 is 16.2 Å². The van der Waals surface area contributed by atoms with E-state index in [-0.39, 0.29) is 5.56 Å². The van der Waals surface area contributed by atoms with Crippen molar-refractivity contribution < 1.29 is 0 Å². The number of nitrogens with one attached hydrogen (secondary N) is 2. The monoisotopic (exact) mass is 452 g/mol. The average Bonchev–Trinajstić information content (AvgIpc) is 3.17. The zero-order chi connectivity index (χ0) is 21.6. The number of aryl methyl sites for hydroxylation is 1. The summed E-state index contributed by atoms with van der Waals surface area (Å²) in [6.07, 6.45) is 2.59. The van der Waals surface area contributed by atoms with Crippen LogP contribution in [0.25, 0.3) is 10.1 Å². The molecule has 31 heavy (non-hydrogen) atoms. The van der Waals surface area contributed by atoms with Gasteiger partial charge in [-0.15, -0.1) is 11.3 Å². The molecule has 0 saturated heterocycles. The fraction of sp³-hybridized carbons (Fsp3) is 0.250. The number of aromatic nitrogens is 2. The Kier molecular flexibility index (Phi) is 7.02. The number of hydrogen-bond donors (Lipinski definition) is 2. The van der Waals surface area contributed by atoms with Crippen molar-refractivity contribution in [2.24, 2.45) is 0 Å². The van der Waals surface area contributed by atoms with E-state index in [2.05, 4.69) is 39.2 Å². The van der Waals surface area contributed by atoms with Gasteiger partial charge in [0.15, 0.2) is 5.82 Å². The number of hydrogen-bond acceptors (Lipinski definition) is 5. The topological polar surface area (TPSA) is 59.0 Å². The lowest BCUT2D eigenvalue weighted by Crippen LogP contribution is -2.31. The summed E-state index contributed by atoms with van der Waals surface area (Å²) in [6.45, 7) is 4.59. The van der Waals surface area contributed by atoms with E-state index < -0.39 is 0 Å². The average molecular weight is 453 g/mol. The highest BCUT2D eigenvalue weighted by Gasteiger charge is 2.08. The second-order valence-corrected chi connectivity index (χ2v) is 8.79. The minimum Gasteiger partial charge on any atom is -0.365 e. The lowest BCUT2D eigenvalue weighted by atomic mass is 10.1. The molecular weight excluding hydrogens is 428 g/mol. The molecule has 0 aliphatic rings. The maximum Gasteiger partial charge on any atom is 0.293 e. The summed E-state index contributed by atoms with van der Waals surface area (Å²) in [5, 5.41) is 10.7. The highest BCUT2D eigenvalue weighted by Crippen LogP contribution is 2.28. The minimum atomic E-state index is -0.0809. The summed E-state index contributed by atoms with van der Waals surface area (Å²) in [6, 6.07) is 16.2. The summed E-state index contributed by atoms with van der Waals surface area (Å²) in [7, 11) is 0. The Morgan fingerprint density at radius 1 is 1.13 bits per heavy atom. The van der Waals surface area contributed by atoms with E-state index in [1.165, 1.54) is 21.2 Å². The molecule has 0 bridgehead atoms. The van der Waals surface area contributed by atoms with Crippen LogP contribution in [0.1, 0.15) is 16.8 Å². The van der Waals surface area contributed by atoms with Crippen LogP contribution in [0, 0.1) is 6.92 Å². The lowest BCUT2D eigenvalue weighted by Gasteiger charge is -2.13. The Labute approximate surface area is 190 Å². The number of thiophene rings is 1. The third-order valence-electron chi connectivity index (χ3n) is 5.25. The molecule has 5 nitrogen and oxygen atoms in total. The molecule has 0 amide bonds. The van der Waals surface area contributed by atoms with E-state index in [1.807, 2.05) is 37.3 Å². The molecule has 0 radical (unpaired) electrons. The van der Waals surface area contributed by atoms with E-state index in [1.54, 1.807) is 22.1 Å². The largest absolute Gasteiger partial charge is 0.365 e. The molecule has 2 heterocycles. The van der Waals surface area contributed by atoms with Crippen LogP contribution in [0.5, 0.6) is 0 Å². The van der Waals surface area contributed by atoms with Crippen molar-refractivity contribution in [1.82, 2.24) is 14.9 Å². The normalized spacial score (nSPS) is 11.2. The second kappa shape index (κ2) is 10.1. The molecule has 0 atom stereocenters. The summed E-state index contributed by atoms with van der Waals surface area (Å²) in [5.41, 5.74) is 3.23. The number of halogens is 1. The van der Waals surface area contributed by atoms with Crippen molar-refractivity contribution in [3.05, 3.63) is 92.3 Å². The molecule has 0 aliphatic heterocycles. The van der Waals surface area contributed by atoms with Gasteiger partial charge in [-0.3, -0.25) is 4.79 Å². The fourth-order valence-electron chi connectivity index (χ4n) is 3.54. The van der Waals surface area contributed by atoms with Gasteiger partial charge < -0.3 is 15.2 Å². The van der Waals surface area contributed by atoms with Gasteiger partial charge in [-0.1, -0.05) is 41.9 Å². The van der Waals surface area contributed by atoms with Crippen LogP contribution in [-0.2, 0) is 19.5 Å². The standard InChI is InChI=1S/C24H25ClN4OS/c1-17-14-28-23(27-10-9-18-5-3-2-4-6-18)24(30)29(17)12-11-26-15-19-16-31-22-8-7-20(25)13-21(19)22/h2-8,13-14,16,26H,9-12,15H2,1H3,(H,27,28). The maximum absolute atomic E-state index is 12.9. The smallest absolute Gasteiger partial charge is 0.293 e. The predicted octanol–water partition coefficient (Wildman–Crippen LogP) is 4.86. The molecule has 4 rings (SSSR count). The van der Waals surface area contributed by atoms with Gasteiger partial charge in [0.1, 0.15) is 0 Å². The third-order valence-corrected chi connectivity index (χ3v) is 6.49. The molecule has 0 spiro atoms. The van der Waals surface area contributed by atoms with Gasteiger partial charge >= 0.3 is 0 Å². The first-order valence-corrected chi connectivity index (χ1v) is 11.6. The number of benzene rings is 2. The van der Waals surface area contributed by atoms with Crippen LogP contribution in [-0.4, -0.2) is 22.6 Å². The van der Waals surface area contributed by atoms with Gasteiger partial charge in [0.05, 0.1) is 0 Å². The summed E-state index contributed by atoms with van der Waals surface area (Å²) >= 11 is 7.86. The molecule has 0 fully saturated rings. The van der Waals surface area contributed by atoms with Gasteiger partial charge in [0.2, 0.25) is 0 Å². The van der Waals surface area contributed by atoms with Gasteiger partial charge in [-0.25, -0.2) is 4.98 Å². The Bertz CT molecular complexity index is 1220. The Balaban J connectivity index is 1.34. The first-order valence-electron chi connectivity index (χ1n) is 10.3. The van der Waals surface area contributed by atoms with E-state index in [0.717, 1.165) is 23.7 Å². The van der Waals surface area contributed by atoms with Crippen LogP contribution in [0.2, 0.25) is 5.02 Å². The van der Waals surface area contributed by atoms with Crippen molar-refractivity contribution in [3.8, 4) is 0 Å². The summed E-state index contributed by atoms with van der Waals surface area (Å²) in [5.74, 6) is 0.403. The van der Waals surface area contributed by atoms with Crippen molar-refractivity contribution >= 4 is 38.8 Å². The van der Waals surface area contributed by atoms with E-state index in [0.29, 0.717) is 25.5 Å². The van der Waals surface area contributed by atoms with Crippen molar-refractivity contribution in [2.75, 3.05) is 18.4 Å². The van der Waals surface area contributed by atoms with Gasteiger partial charge in [-0.2, -0.15) is 0 Å². The van der Waals surface area contributed by atoms with E-state index in [9.17, 15) is 4.79 Å². The third kappa shape index (κ3) is 5.34. The van der Waals surface area contributed by atoms with Gasteiger partial charge in [-0.05, 0) is 53.4 Å². The number of nitrogens with zero attached hydrogens (tertiary/aromatic N) is 2. The number of anilines is 1. The van der Waals surface area contributed by atoms with Crippen LogP contribution in [0.15, 0.2) is 64.9 Å². The van der Waals surface area contributed by atoms with Gasteiger partial charge in [0, 0.05) is 47.8 Å². The Morgan fingerprint density at radius 3 is 2.81 bits per heavy atom.